The van der Waals surface area contributed by atoms with Crippen molar-refractivity contribution < 1.29 is 4.74 Å². The van der Waals surface area contributed by atoms with E-state index in [1.165, 1.54) is 11.1 Å². The minimum atomic E-state index is 0.576. The Bertz CT molecular complexity index is 673. The van der Waals surface area contributed by atoms with E-state index in [2.05, 4.69) is 41.2 Å². The van der Waals surface area contributed by atoms with Gasteiger partial charge in [-0.3, -0.25) is 0 Å². The van der Waals surface area contributed by atoms with E-state index in [-0.39, 0.29) is 0 Å². The highest BCUT2D eigenvalue weighted by Crippen LogP contribution is 2.18. The molecule has 5 heteroatoms. The first-order valence-electron chi connectivity index (χ1n) is 7.44. The van der Waals surface area contributed by atoms with E-state index in [9.17, 15) is 0 Å². The third-order valence-electron chi connectivity index (χ3n) is 3.70. The van der Waals surface area contributed by atoms with Crippen LogP contribution in [-0.4, -0.2) is 30.2 Å². The molecule has 0 aliphatic carbocycles. The average Bonchev–Trinajstić information content (AvgIpc) is 2.53. The molecule has 0 bridgehead atoms. The molecule has 2 rings (SSSR count). The second-order valence-electron chi connectivity index (χ2n) is 5.40. The van der Waals surface area contributed by atoms with Gasteiger partial charge in [-0.25, -0.2) is 0 Å². The summed E-state index contributed by atoms with van der Waals surface area (Å²) in [5.41, 5.74) is 3.52. The van der Waals surface area contributed by atoms with E-state index < -0.39 is 0 Å². The van der Waals surface area contributed by atoms with Crippen molar-refractivity contribution in [2.24, 2.45) is 0 Å². The topological polar surface area (TPSA) is 24.5 Å². The van der Waals surface area contributed by atoms with Crippen molar-refractivity contribution in [3.8, 4) is 5.75 Å². The van der Waals surface area contributed by atoms with Gasteiger partial charge in [-0.05, 0) is 67.5 Å². The highest BCUT2D eigenvalue weighted by Gasteiger charge is 2.07. The quantitative estimate of drug-likeness (QED) is 0.740. The third kappa shape index (κ3) is 5.22. The molecule has 23 heavy (non-hydrogen) atoms. The lowest BCUT2D eigenvalue weighted by Gasteiger charge is -2.22. The summed E-state index contributed by atoms with van der Waals surface area (Å²) in [5, 5.41) is 4.00. The number of hydrogen-bond donors (Lipinski definition) is 1. The minimum absolute atomic E-state index is 0.576. The summed E-state index contributed by atoms with van der Waals surface area (Å²) in [7, 11) is 1.96. The van der Waals surface area contributed by atoms with Crippen LogP contribution >= 0.6 is 28.1 Å². The second-order valence-corrected chi connectivity index (χ2v) is 6.70. The molecule has 0 radical (unpaired) electrons. The first-order chi connectivity index (χ1) is 11.0. The zero-order valence-corrected chi connectivity index (χ0v) is 16.0. The lowest BCUT2D eigenvalue weighted by atomic mass is 10.1. The number of benzene rings is 2. The molecule has 0 unspecified atom stereocenters. The van der Waals surface area contributed by atoms with Crippen LogP contribution in [0, 0.1) is 13.8 Å². The van der Waals surface area contributed by atoms with Crippen LogP contribution in [0.5, 0.6) is 5.75 Å². The maximum absolute atomic E-state index is 5.72. The number of ether oxygens (including phenoxy) is 1. The summed E-state index contributed by atoms with van der Waals surface area (Å²) in [6.45, 7) is 5.48. The molecule has 0 saturated carbocycles. The predicted octanol–water partition coefficient (Wildman–Crippen LogP) is 4.77. The molecule has 0 aliphatic rings. The molecule has 0 amide bonds. The number of nitrogens with zero attached hydrogens (tertiary/aromatic N) is 1. The molecule has 0 aromatic heterocycles. The Hall–Kier alpha value is -1.59. The number of hydrogen-bond acceptors (Lipinski definition) is 2. The van der Waals surface area contributed by atoms with Crippen molar-refractivity contribution in [3.05, 3.63) is 58.1 Å². The summed E-state index contributed by atoms with van der Waals surface area (Å²) in [6, 6.07) is 14.0. The maximum Gasteiger partial charge on any atom is 0.173 e. The fraction of sp³-hybridized carbons (Fsp3) is 0.278. The largest absolute Gasteiger partial charge is 0.492 e. The summed E-state index contributed by atoms with van der Waals surface area (Å²) < 4.78 is 6.77. The Kier molecular flexibility index (Phi) is 6.42. The van der Waals surface area contributed by atoms with Gasteiger partial charge < -0.3 is 15.0 Å². The van der Waals surface area contributed by atoms with Gasteiger partial charge in [0.2, 0.25) is 0 Å². The number of halogens is 1. The van der Waals surface area contributed by atoms with Gasteiger partial charge in [0, 0.05) is 17.2 Å². The second kappa shape index (κ2) is 8.31. The van der Waals surface area contributed by atoms with Gasteiger partial charge in [0.25, 0.3) is 0 Å². The summed E-state index contributed by atoms with van der Waals surface area (Å²) in [5.74, 6) is 0.856. The number of aryl methyl sites for hydroxylation is 1. The summed E-state index contributed by atoms with van der Waals surface area (Å²) in [4.78, 5) is 1.98. The fourth-order valence-electron chi connectivity index (χ4n) is 2.03. The number of likely N-dealkylation sites (N-methyl/N-ethyl adjacent to an activating group) is 1. The lowest BCUT2D eigenvalue weighted by molar-refractivity contribution is 0.285. The van der Waals surface area contributed by atoms with Crippen molar-refractivity contribution in [2.75, 3.05) is 25.5 Å². The van der Waals surface area contributed by atoms with Crippen LogP contribution in [0.3, 0.4) is 0 Å². The van der Waals surface area contributed by atoms with Gasteiger partial charge in [-0.15, -0.1) is 0 Å². The van der Waals surface area contributed by atoms with Crippen LogP contribution in [0.2, 0.25) is 0 Å². The number of thiocarbonyl (C=S) groups is 1. The van der Waals surface area contributed by atoms with E-state index in [1.807, 2.05) is 48.3 Å². The Labute approximate surface area is 151 Å². The van der Waals surface area contributed by atoms with Gasteiger partial charge >= 0.3 is 0 Å². The normalized spacial score (nSPS) is 10.3. The molecule has 122 valence electrons. The Morgan fingerprint density at radius 1 is 1.17 bits per heavy atom. The highest BCUT2D eigenvalue weighted by atomic mass is 79.9. The molecule has 0 saturated heterocycles. The molecule has 0 heterocycles. The molecule has 1 N–H and O–H groups in total. The molecule has 0 spiro atoms. The van der Waals surface area contributed by atoms with Gasteiger partial charge in [0.15, 0.2) is 5.11 Å². The first kappa shape index (κ1) is 17.8. The van der Waals surface area contributed by atoms with Crippen molar-refractivity contribution in [2.45, 2.75) is 13.8 Å². The number of rotatable bonds is 5. The zero-order chi connectivity index (χ0) is 16.8. The van der Waals surface area contributed by atoms with Crippen LogP contribution < -0.4 is 10.1 Å². The Morgan fingerprint density at radius 2 is 1.87 bits per heavy atom. The van der Waals surface area contributed by atoms with Crippen LogP contribution in [0.1, 0.15) is 11.1 Å². The molecule has 0 aliphatic heterocycles. The van der Waals surface area contributed by atoms with E-state index in [1.54, 1.807) is 0 Å². The van der Waals surface area contributed by atoms with Crippen molar-refractivity contribution in [3.63, 3.8) is 0 Å². The number of anilines is 1. The molecule has 2 aromatic carbocycles. The Morgan fingerprint density at radius 3 is 2.57 bits per heavy atom. The number of nitrogens with one attached hydrogen (secondary N) is 1. The van der Waals surface area contributed by atoms with Crippen molar-refractivity contribution in [1.29, 1.82) is 0 Å². The van der Waals surface area contributed by atoms with Crippen LogP contribution in [0.25, 0.3) is 0 Å². The van der Waals surface area contributed by atoms with Crippen LogP contribution in [0.15, 0.2) is 46.9 Å². The van der Waals surface area contributed by atoms with Gasteiger partial charge in [-0.1, -0.05) is 28.1 Å². The molecule has 3 nitrogen and oxygen atoms in total. The van der Waals surface area contributed by atoms with E-state index in [0.29, 0.717) is 18.3 Å². The molecule has 2 aromatic rings. The fourth-order valence-corrected chi connectivity index (χ4v) is 2.50. The van der Waals surface area contributed by atoms with Crippen LogP contribution in [-0.2, 0) is 0 Å². The third-order valence-corrected chi connectivity index (χ3v) is 4.64. The summed E-state index contributed by atoms with van der Waals surface area (Å²) >= 11 is 8.87. The van der Waals surface area contributed by atoms with E-state index >= 15 is 0 Å². The predicted molar refractivity (Wildman–Crippen MR) is 104 cm³/mol. The lowest BCUT2D eigenvalue weighted by Crippen LogP contribution is -2.34. The first-order valence-corrected chi connectivity index (χ1v) is 8.64. The van der Waals surface area contributed by atoms with Crippen molar-refractivity contribution >= 4 is 38.9 Å². The smallest absolute Gasteiger partial charge is 0.173 e. The standard InChI is InChI=1S/C18H21BrN2OS/c1-13-5-4-6-17(14(13)2)20-18(23)21(3)11-12-22-16-9-7-15(19)8-10-16/h4-10H,11-12H2,1-3H3,(H,20,23). The zero-order valence-electron chi connectivity index (χ0n) is 13.6. The van der Waals surface area contributed by atoms with Gasteiger partial charge in [0.1, 0.15) is 12.4 Å². The van der Waals surface area contributed by atoms with Gasteiger partial charge in [-0.2, -0.15) is 0 Å². The van der Waals surface area contributed by atoms with E-state index in [4.69, 9.17) is 17.0 Å². The van der Waals surface area contributed by atoms with E-state index in [0.717, 1.165) is 15.9 Å². The Balaban J connectivity index is 1.83. The molecular weight excluding hydrogens is 372 g/mol. The molecular formula is C18H21BrN2OS. The molecule has 0 atom stereocenters. The van der Waals surface area contributed by atoms with Gasteiger partial charge in [0.05, 0.1) is 6.54 Å². The van der Waals surface area contributed by atoms with Crippen molar-refractivity contribution in [1.82, 2.24) is 4.90 Å². The highest BCUT2D eigenvalue weighted by molar-refractivity contribution is 9.10. The average molecular weight is 393 g/mol. The maximum atomic E-state index is 5.72. The monoisotopic (exact) mass is 392 g/mol. The summed E-state index contributed by atoms with van der Waals surface area (Å²) in [6.07, 6.45) is 0. The SMILES string of the molecule is Cc1cccc(NC(=S)N(C)CCOc2ccc(Br)cc2)c1C. The molecule has 0 fully saturated rings. The van der Waals surface area contributed by atoms with Crippen LogP contribution in [0.4, 0.5) is 5.69 Å². The minimum Gasteiger partial charge on any atom is -0.492 e.